The molecule has 0 rings (SSSR count). The summed E-state index contributed by atoms with van der Waals surface area (Å²) < 4.78 is 0. The lowest BCUT2D eigenvalue weighted by Crippen LogP contribution is -2.53. The van der Waals surface area contributed by atoms with Gasteiger partial charge in [0.15, 0.2) is 0 Å². The molecular formula is C10H18N2O2. The van der Waals surface area contributed by atoms with Crippen molar-refractivity contribution in [2.75, 3.05) is 13.7 Å². The zero-order chi connectivity index (χ0) is 11.4. The molecule has 0 heterocycles. The number of amides is 1. The van der Waals surface area contributed by atoms with E-state index in [1.165, 1.54) is 4.90 Å². The molecule has 0 fully saturated rings. The van der Waals surface area contributed by atoms with Gasteiger partial charge in [-0.15, -0.1) is 12.3 Å². The molecule has 1 amide bonds. The summed E-state index contributed by atoms with van der Waals surface area (Å²) in [5, 5.41) is 9.05. The average molecular weight is 198 g/mol. The van der Waals surface area contributed by atoms with Gasteiger partial charge in [0.1, 0.15) is 0 Å². The summed E-state index contributed by atoms with van der Waals surface area (Å²) in [7, 11) is 1.61. The Hall–Kier alpha value is -1.05. The number of carbonyl (C=O) groups is 1. The van der Waals surface area contributed by atoms with Crippen LogP contribution in [0.5, 0.6) is 0 Å². The Bertz CT molecular complexity index is 243. The summed E-state index contributed by atoms with van der Waals surface area (Å²) in [4.78, 5) is 13.1. The van der Waals surface area contributed by atoms with Gasteiger partial charge in [-0.25, -0.2) is 0 Å². The summed E-state index contributed by atoms with van der Waals surface area (Å²) in [5.74, 6) is 2.09. The molecule has 80 valence electrons. The zero-order valence-electron chi connectivity index (χ0n) is 8.95. The standard InChI is InChI=1S/C10H18N2O2/c1-5-6-8(11)9(14)12(4)10(2,3)7-13/h1,8,13H,6-7,11H2,2-4H3. The highest BCUT2D eigenvalue weighted by molar-refractivity contribution is 5.82. The molecule has 0 aromatic rings. The third kappa shape index (κ3) is 3.02. The number of aliphatic hydroxyl groups excluding tert-OH is 1. The monoisotopic (exact) mass is 198 g/mol. The summed E-state index contributed by atoms with van der Waals surface area (Å²) in [6.07, 6.45) is 5.27. The van der Waals surface area contributed by atoms with E-state index in [9.17, 15) is 4.79 Å². The molecule has 0 saturated heterocycles. The minimum atomic E-state index is -0.684. The highest BCUT2D eigenvalue weighted by atomic mass is 16.3. The van der Waals surface area contributed by atoms with Crippen LogP contribution in [0.1, 0.15) is 20.3 Å². The quantitative estimate of drug-likeness (QED) is 0.602. The van der Waals surface area contributed by atoms with Gasteiger partial charge >= 0.3 is 0 Å². The first kappa shape index (κ1) is 12.9. The predicted molar refractivity (Wildman–Crippen MR) is 55.4 cm³/mol. The molecule has 0 aliphatic carbocycles. The van der Waals surface area contributed by atoms with E-state index in [-0.39, 0.29) is 18.9 Å². The van der Waals surface area contributed by atoms with E-state index < -0.39 is 11.6 Å². The van der Waals surface area contributed by atoms with Crippen LogP contribution in [-0.4, -0.2) is 41.1 Å². The molecular weight excluding hydrogens is 180 g/mol. The molecule has 4 heteroatoms. The average Bonchev–Trinajstić information content (AvgIpc) is 2.15. The summed E-state index contributed by atoms with van der Waals surface area (Å²) in [6.45, 7) is 3.40. The van der Waals surface area contributed by atoms with Crippen LogP contribution in [0.15, 0.2) is 0 Å². The Kier molecular flexibility index (Phi) is 4.61. The van der Waals surface area contributed by atoms with Gasteiger partial charge in [-0.3, -0.25) is 4.79 Å². The van der Waals surface area contributed by atoms with E-state index in [2.05, 4.69) is 5.92 Å². The molecule has 4 nitrogen and oxygen atoms in total. The van der Waals surface area contributed by atoms with Crippen molar-refractivity contribution in [2.45, 2.75) is 31.8 Å². The number of aliphatic hydroxyl groups is 1. The van der Waals surface area contributed by atoms with Crippen molar-refractivity contribution < 1.29 is 9.90 Å². The minimum Gasteiger partial charge on any atom is -0.394 e. The van der Waals surface area contributed by atoms with E-state index in [4.69, 9.17) is 17.3 Å². The predicted octanol–water partition coefficient (Wildman–Crippen LogP) is -0.434. The van der Waals surface area contributed by atoms with Crippen molar-refractivity contribution in [3.63, 3.8) is 0 Å². The van der Waals surface area contributed by atoms with E-state index in [1.807, 2.05) is 0 Å². The van der Waals surface area contributed by atoms with Crippen LogP contribution in [0.25, 0.3) is 0 Å². The fourth-order valence-electron chi connectivity index (χ4n) is 0.867. The van der Waals surface area contributed by atoms with Gasteiger partial charge in [0, 0.05) is 13.5 Å². The fourth-order valence-corrected chi connectivity index (χ4v) is 0.867. The molecule has 0 bridgehead atoms. The third-order valence-electron chi connectivity index (χ3n) is 2.28. The number of rotatable bonds is 4. The number of hydrogen-bond donors (Lipinski definition) is 2. The van der Waals surface area contributed by atoms with Crippen LogP contribution in [-0.2, 0) is 4.79 Å². The first-order chi connectivity index (χ1) is 6.36. The lowest BCUT2D eigenvalue weighted by Gasteiger charge is -2.35. The van der Waals surface area contributed by atoms with Crippen LogP contribution >= 0.6 is 0 Å². The number of carbonyl (C=O) groups excluding carboxylic acids is 1. The second kappa shape index (κ2) is 4.99. The Morgan fingerprint density at radius 1 is 1.71 bits per heavy atom. The lowest BCUT2D eigenvalue weighted by atomic mass is 10.0. The molecule has 14 heavy (non-hydrogen) atoms. The molecule has 0 saturated carbocycles. The van der Waals surface area contributed by atoms with Gasteiger partial charge in [-0.1, -0.05) is 0 Å². The number of terminal acetylenes is 1. The van der Waals surface area contributed by atoms with Crippen LogP contribution in [0.2, 0.25) is 0 Å². The maximum absolute atomic E-state index is 11.6. The van der Waals surface area contributed by atoms with E-state index >= 15 is 0 Å². The highest BCUT2D eigenvalue weighted by Crippen LogP contribution is 2.12. The molecule has 3 N–H and O–H groups in total. The van der Waals surface area contributed by atoms with Gasteiger partial charge in [0.25, 0.3) is 0 Å². The lowest BCUT2D eigenvalue weighted by molar-refractivity contribution is -0.137. The summed E-state index contributed by atoms with van der Waals surface area (Å²) in [6, 6.07) is -0.684. The minimum absolute atomic E-state index is 0.113. The van der Waals surface area contributed by atoms with Gasteiger partial charge in [-0.05, 0) is 13.8 Å². The molecule has 1 atom stereocenters. The van der Waals surface area contributed by atoms with Crippen molar-refractivity contribution in [1.29, 1.82) is 0 Å². The number of nitrogens with zero attached hydrogens (tertiary/aromatic N) is 1. The largest absolute Gasteiger partial charge is 0.394 e. The second-order valence-corrected chi connectivity index (χ2v) is 3.88. The number of nitrogens with two attached hydrogens (primary N) is 1. The molecule has 0 spiro atoms. The van der Waals surface area contributed by atoms with Crippen molar-refractivity contribution in [1.82, 2.24) is 4.90 Å². The molecule has 0 aromatic carbocycles. The van der Waals surface area contributed by atoms with Gasteiger partial charge < -0.3 is 15.7 Å². The zero-order valence-corrected chi connectivity index (χ0v) is 8.95. The molecule has 1 unspecified atom stereocenters. The van der Waals surface area contributed by atoms with Crippen molar-refractivity contribution in [3.8, 4) is 12.3 Å². The van der Waals surface area contributed by atoms with Crippen molar-refractivity contribution >= 4 is 5.91 Å². The van der Waals surface area contributed by atoms with Crippen LogP contribution in [0.3, 0.4) is 0 Å². The van der Waals surface area contributed by atoms with Crippen LogP contribution in [0.4, 0.5) is 0 Å². The molecule has 0 radical (unpaired) electrons. The third-order valence-corrected chi connectivity index (χ3v) is 2.28. The van der Waals surface area contributed by atoms with Gasteiger partial charge in [-0.2, -0.15) is 0 Å². The Balaban J connectivity index is 4.48. The summed E-state index contributed by atoms with van der Waals surface area (Å²) >= 11 is 0. The molecule has 0 aromatic heterocycles. The van der Waals surface area contributed by atoms with Crippen molar-refractivity contribution in [2.24, 2.45) is 5.73 Å². The SMILES string of the molecule is C#CCC(N)C(=O)N(C)C(C)(C)CO. The van der Waals surface area contributed by atoms with Crippen LogP contribution < -0.4 is 5.73 Å². The first-order valence-electron chi connectivity index (χ1n) is 4.44. The second-order valence-electron chi connectivity index (χ2n) is 3.88. The highest BCUT2D eigenvalue weighted by Gasteiger charge is 2.29. The fraction of sp³-hybridized carbons (Fsp3) is 0.700. The van der Waals surface area contributed by atoms with Crippen molar-refractivity contribution in [3.05, 3.63) is 0 Å². The molecule has 0 aliphatic rings. The maximum atomic E-state index is 11.6. The molecule has 0 aliphatic heterocycles. The Labute approximate surface area is 85.1 Å². The normalized spacial score (nSPS) is 13.1. The van der Waals surface area contributed by atoms with E-state index in [0.29, 0.717) is 0 Å². The van der Waals surface area contributed by atoms with E-state index in [0.717, 1.165) is 0 Å². The summed E-state index contributed by atoms with van der Waals surface area (Å²) in [5.41, 5.74) is 4.96. The van der Waals surface area contributed by atoms with E-state index in [1.54, 1.807) is 20.9 Å². The smallest absolute Gasteiger partial charge is 0.240 e. The van der Waals surface area contributed by atoms with Crippen LogP contribution in [0, 0.1) is 12.3 Å². The number of likely N-dealkylation sites (N-methyl/N-ethyl adjacent to an activating group) is 1. The Morgan fingerprint density at radius 3 is 2.57 bits per heavy atom. The Morgan fingerprint density at radius 2 is 2.21 bits per heavy atom. The maximum Gasteiger partial charge on any atom is 0.240 e. The van der Waals surface area contributed by atoms with Gasteiger partial charge in [0.05, 0.1) is 18.2 Å². The first-order valence-corrected chi connectivity index (χ1v) is 4.44. The topological polar surface area (TPSA) is 66.6 Å². The number of hydrogen-bond acceptors (Lipinski definition) is 3. The van der Waals surface area contributed by atoms with Gasteiger partial charge in [0.2, 0.25) is 5.91 Å².